The van der Waals surface area contributed by atoms with Gasteiger partial charge in [0.1, 0.15) is 12.7 Å². The first-order valence-corrected chi connectivity index (χ1v) is 9.37. The first-order chi connectivity index (χ1) is 13.0. The molecule has 0 fully saturated rings. The number of allylic oxidation sites excluding steroid dienone is 1. The summed E-state index contributed by atoms with van der Waals surface area (Å²) in [5, 5.41) is 17.8. The van der Waals surface area contributed by atoms with E-state index in [-0.39, 0.29) is 6.61 Å². The smallest absolute Gasteiger partial charge is 0.161 e. The van der Waals surface area contributed by atoms with Gasteiger partial charge < -0.3 is 19.9 Å². The van der Waals surface area contributed by atoms with E-state index in [1.54, 1.807) is 7.11 Å². The fourth-order valence-corrected chi connectivity index (χ4v) is 2.87. The van der Waals surface area contributed by atoms with E-state index in [1.807, 2.05) is 48.9 Å². The van der Waals surface area contributed by atoms with Crippen LogP contribution >= 0.6 is 0 Å². The van der Waals surface area contributed by atoms with Crippen LogP contribution < -0.4 is 14.8 Å². The van der Waals surface area contributed by atoms with Gasteiger partial charge in [0, 0.05) is 18.8 Å². The van der Waals surface area contributed by atoms with Gasteiger partial charge in [0.05, 0.1) is 12.8 Å². The van der Waals surface area contributed by atoms with Crippen LogP contribution in [0.25, 0.3) is 6.08 Å². The Morgan fingerprint density at radius 1 is 1.26 bits per heavy atom. The maximum absolute atomic E-state index is 10.1. The van der Waals surface area contributed by atoms with Crippen LogP contribution in [0.4, 0.5) is 0 Å². The quantitative estimate of drug-likeness (QED) is 0.593. The Bertz CT molecular complexity index is 740. The van der Waals surface area contributed by atoms with E-state index in [0.29, 0.717) is 18.0 Å². The number of aliphatic hydroxyl groups is 1. The minimum absolute atomic E-state index is 0.212. The summed E-state index contributed by atoms with van der Waals surface area (Å²) in [7, 11) is 1.61. The number of aliphatic hydroxyl groups excluding tert-OH is 1. The van der Waals surface area contributed by atoms with Crippen molar-refractivity contribution in [1.29, 1.82) is 0 Å². The number of benzene rings is 1. The Balaban J connectivity index is 1.68. The molecule has 1 atom stereocenters. The Hall–Kier alpha value is -2.31. The zero-order valence-corrected chi connectivity index (χ0v) is 16.7. The molecule has 0 saturated carbocycles. The maximum Gasteiger partial charge on any atom is 0.161 e. The van der Waals surface area contributed by atoms with Gasteiger partial charge in [-0.3, -0.25) is 4.68 Å². The molecule has 1 aromatic heterocycles. The molecule has 6 heteroatoms. The molecule has 2 rings (SSSR count). The van der Waals surface area contributed by atoms with Crippen molar-refractivity contribution in [1.82, 2.24) is 15.1 Å². The predicted octanol–water partition coefficient (Wildman–Crippen LogP) is 2.96. The van der Waals surface area contributed by atoms with Crippen molar-refractivity contribution in [2.24, 2.45) is 0 Å². The average molecular weight is 373 g/mol. The molecule has 1 heterocycles. The predicted molar refractivity (Wildman–Crippen MR) is 108 cm³/mol. The third kappa shape index (κ3) is 6.73. The topological polar surface area (TPSA) is 68.5 Å². The van der Waals surface area contributed by atoms with Crippen molar-refractivity contribution in [3.63, 3.8) is 0 Å². The highest BCUT2D eigenvalue weighted by molar-refractivity contribution is 5.55. The monoisotopic (exact) mass is 373 g/mol. The van der Waals surface area contributed by atoms with E-state index in [4.69, 9.17) is 9.47 Å². The summed E-state index contributed by atoms with van der Waals surface area (Å²) in [6.45, 7) is 8.41. The third-order valence-electron chi connectivity index (χ3n) is 4.18. The molecule has 0 radical (unpaired) electrons. The second kappa shape index (κ2) is 10.7. The lowest BCUT2D eigenvalue weighted by atomic mass is 10.2. The highest BCUT2D eigenvalue weighted by Gasteiger charge is 2.09. The second-order valence-corrected chi connectivity index (χ2v) is 6.58. The van der Waals surface area contributed by atoms with Crippen LogP contribution in [-0.2, 0) is 6.54 Å². The Kier molecular flexibility index (Phi) is 8.36. The molecule has 0 aliphatic heterocycles. The van der Waals surface area contributed by atoms with Gasteiger partial charge in [0.15, 0.2) is 11.5 Å². The summed E-state index contributed by atoms with van der Waals surface area (Å²) in [6, 6.07) is 7.82. The van der Waals surface area contributed by atoms with Gasteiger partial charge in [0.25, 0.3) is 0 Å². The number of ether oxygens (including phenoxy) is 2. The number of nitrogens with one attached hydrogen (secondary N) is 1. The molecule has 0 aliphatic rings. The molecule has 0 spiro atoms. The molecule has 1 unspecified atom stereocenters. The highest BCUT2D eigenvalue weighted by Crippen LogP contribution is 2.28. The normalized spacial score (nSPS) is 12.5. The van der Waals surface area contributed by atoms with Gasteiger partial charge in [0.2, 0.25) is 0 Å². The first kappa shape index (κ1) is 21.0. The summed E-state index contributed by atoms with van der Waals surface area (Å²) in [5.41, 5.74) is 3.27. The fraction of sp³-hybridized carbons (Fsp3) is 0.476. The molecule has 0 amide bonds. The van der Waals surface area contributed by atoms with Crippen molar-refractivity contribution >= 4 is 6.08 Å². The molecular weight excluding hydrogens is 342 g/mol. The second-order valence-electron chi connectivity index (χ2n) is 6.58. The molecule has 0 bridgehead atoms. The van der Waals surface area contributed by atoms with E-state index in [9.17, 15) is 5.11 Å². The van der Waals surface area contributed by atoms with Gasteiger partial charge in [-0.2, -0.15) is 5.10 Å². The van der Waals surface area contributed by atoms with Gasteiger partial charge in [-0.1, -0.05) is 18.2 Å². The van der Waals surface area contributed by atoms with E-state index in [2.05, 4.69) is 23.4 Å². The Morgan fingerprint density at radius 2 is 2.07 bits per heavy atom. The van der Waals surface area contributed by atoms with Crippen LogP contribution in [0.2, 0.25) is 0 Å². The van der Waals surface area contributed by atoms with E-state index >= 15 is 0 Å². The number of rotatable bonds is 11. The minimum atomic E-state index is -0.585. The van der Waals surface area contributed by atoms with Crippen LogP contribution in [0.15, 0.2) is 30.3 Å². The largest absolute Gasteiger partial charge is 0.493 e. The molecule has 2 N–H and O–H groups in total. The fourth-order valence-electron chi connectivity index (χ4n) is 2.87. The minimum Gasteiger partial charge on any atom is -0.493 e. The van der Waals surface area contributed by atoms with Gasteiger partial charge in [-0.05, 0) is 57.5 Å². The number of methoxy groups -OCH3 is 1. The molecular formula is C21H31N3O3. The summed E-state index contributed by atoms with van der Waals surface area (Å²) in [5.74, 6) is 1.30. The van der Waals surface area contributed by atoms with Crippen LogP contribution in [-0.4, -0.2) is 47.8 Å². The number of aryl methyl sites for hydroxylation is 3. The number of hydrogen-bond acceptors (Lipinski definition) is 5. The molecule has 2 aromatic rings. The Labute approximate surface area is 161 Å². The van der Waals surface area contributed by atoms with Gasteiger partial charge >= 0.3 is 0 Å². The lowest BCUT2D eigenvalue weighted by molar-refractivity contribution is 0.104. The van der Waals surface area contributed by atoms with Crippen LogP contribution in [0.1, 0.15) is 30.3 Å². The summed E-state index contributed by atoms with van der Waals surface area (Å²) in [6.07, 6.45) is 4.34. The van der Waals surface area contributed by atoms with Crippen LogP contribution in [0, 0.1) is 13.8 Å². The molecule has 0 aliphatic carbocycles. The van der Waals surface area contributed by atoms with Crippen molar-refractivity contribution in [2.75, 3.05) is 26.8 Å². The molecule has 27 heavy (non-hydrogen) atoms. The standard InChI is InChI=1S/C21H31N3O3/c1-5-7-18-8-9-20(21(13-18)26-4)27-15-19(25)14-22-10-6-11-24-17(3)12-16(2)23-24/h5,7-9,12-13,19,22,25H,6,10-11,14-15H2,1-4H3. The number of nitrogens with zero attached hydrogens (tertiary/aromatic N) is 2. The highest BCUT2D eigenvalue weighted by atomic mass is 16.5. The van der Waals surface area contributed by atoms with Crippen LogP contribution in [0.5, 0.6) is 11.5 Å². The van der Waals surface area contributed by atoms with E-state index in [0.717, 1.165) is 30.8 Å². The molecule has 0 saturated heterocycles. The van der Waals surface area contributed by atoms with Crippen molar-refractivity contribution < 1.29 is 14.6 Å². The number of hydrogen-bond donors (Lipinski definition) is 2. The summed E-state index contributed by atoms with van der Waals surface area (Å²) >= 11 is 0. The average Bonchev–Trinajstić information content (AvgIpc) is 2.97. The zero-order valence-electron chi connectivity index (χ0n) is 16.7. The zero-order chi connectivity index (χ0) is 19.6. The van der Waals surface area contributed by atoms with Gasteiger partial charge in [-0.25, -0.2) is 0 Å². The molecule has 6 nitrogen and oxygen atoms in total. The lowest BCUT2D eigenvalue weighted by Crippen LogP contribution is -2.32. The van der Waals surface area contributed by atoms with Crippen molar-refractivity contribution in [2.45, 2.75) is 39.8 Å². The van der Waals surface area contributed by atoms with Crippen LogP contribution in [0.3, 0.4) is 0 Å². The van der Waals surface area contributed by atoms with Crippen molar-refractivity contribution in [3.05, 3.63) is 47.3 Å². The SMILES string of the molecule is CC=Cc1ccc(OCC(O)CNCCCn2nc(C)cc2C)c(OC)c1. The number of aromatic nitrogens is 2. The summed E-state index contributed by atoms with van der Waals surface area (Å²) < 4.78 is 13.1. The van der Waals surface area contributed by atoms with Crippen molar-refractivity contribution in [3.8, 4) is 11.5 Å². The van der Waals surface area contributed by atoms with Gasteiger partial charge in [-0.15, -0.1) is 0 Å². The van der Waals surface area contributed by atoms with E-state index < -0.39 is 6.10 Å². The Morgan fingerprint density at radius 3 is 2.74 bits per heavy atom. The first-order valence-electron chi connectivity index (χ1n) is 9.37. The lowest BCUT2D eigenvalue weighted by Gasteiger charge is -2.15. The molecule has 1 aromatic carbocycles. The molecule has 148 valence electrons. The maximum atomic E-state index is 10.1. The van der Waals surface area contributed by atoms with E-state index in [1.165, 1.54) is 5.69 Å². The third-order valence-corrected chi connectivity index (χ3v) is 4.18. The summed E-state index contributed by atoms with van der Waals surface area (Å²) in [4.78, 5) is 0.